The summed E-state index contributed by atoms with van der Waals surface area (Å²) in [5, 5.41) is 13.9. The number of benzene rings is 2. The Balaban J connectivity index is 2.36. The van der Waals surface area contributed by atoms with Gasteiger partial charge >= 0.3 is 0 Å². The largest absolute Gasteiger partial charge is 0.319 e. The minimum Gasteiger partial charge on any atom is -0.319 e. The molecule has 0 saturated carbocycles. The fourth-order valence-corrected chi connectivity index (χ4v) is 2.11. The molecule has 102 valence electrons. The van der Waals surface area contributed by atoms with E-state index in [-0.39, 0.29) is 27.0 Å². The molecule has 0 unspecified atom stereocenters. The third kappa shape index (κ3) is 2.89. The maximum absolute atomic E-state index is 12.1. The van der Waals surface area contributed by atoms with Crippen LogP contribution >= 0.6 is 23.2 Å². The van der Waals surface area contributed by atoms with Crippen molar-refractivity contribution in [3.63, 3.8) is 0 Å². The molecule has 0 saturated heterocycles. The molecule has 0 radical (unpaired) electrons. The van der Waals surface area contributed by atoms with Crippen molar-refractivity contribution < 1.29 is 9.72 Å². The second kappa shape index (κ2) is 5.90. The van der Waals surface area contributed by atoms with Gasteiger partial charge in [-0.25, -0.2) is 0 Å². The first-order chi connectivity index (χ1) is 9.50. The van der Waals surface area contributed by atoms with Gasteiger partial charge in [-0.2, -0.15) is 0 Å². The standard InChI is InChI=1S/C13H8Cl2N2O3/c14-9-5-3-6-10(15)12(9)16-13(18)8-4-1-2-7-11(8)17(19)20/h1-7H,(H,16,18). The third-order valence-corrected chi connectivity index (χ3v) is 3.18. The van der Waals surface area contributed by atoms with Gasteiger partial charge in [0.05, 0.1) is 20.7 Å². The van der Waals surface area contributed by atoms with Crippen LogP contribution in [0.4, 0.5) is 11.4 Å². The molecule has 0 aliphatic rings. The van der Waals surface area contributed by atoms with Crippen LogP contribution in [-0.2, 0) is 0 Å². The van der Waals surface area contributed by atoms with Gasteiger partial charge in [-0.3, -0.25) is 14.9 Å². The van der Waals surface area contributed by atoms with Crippen LogP contribution in [0.15, 0.2) is 42.5 Å². The lowest BCUT2D eigenvalue weighted by Gasteiger charge is -2.09. The average molecular weight is 311 g/mol. The van der Waals surface area contributed by atoms with Gasteiger partial charge < -0.3 is 5.32 Å². The molecule has 0 atom stereocenters. The van der Waals surface area contributed by atoms with Crippen molar-refractivity contribution in [1.82, 2.24) is 0 Å². The average Bonchev–Trinajstić information content (AvgIpc) is 2.43. The van der Waals surface area contributed by atoms with E-state index in [1.807, 2.05) is 0 Å². The summed E-state index contributed by atoms with van der Waals surface area (Å²) in [5.74, 6) is -0.646. The molecular formula is C13H8Cl2N2O3. The summed E-state index contributed by atoms with van der Waals surface area (Å²) in [6.45, 7) is 0. The van der Waals surface area contributed by atoms with Crippen molar-refractivity contribution in [2.24, 2.45) is 0 Å². The first kappa shape index (κ1) is 14.3. The van der Waals surface area contributed by atoms with Gasteiger partial charge in [-0.1, -0.05) is 41.4 Å². The van der Waals surface area contributed by atoms with Crippen LogP contribution in [0, 0.1) is 10.1 Å². The first-order valence-electron chi connectivity index (χ1n) is 5.49. The van der Waals surface area contributed by atoms with Crippen LogP contribution in [-0.4, -0.2) is 10.8 Å². The number of nitro benzene ring substituents is 1. The number of nitrogens with one attached hydrogen (secondary N) is 1. The van der Waals surface area contributed by atoms with Gasteiger partial charge in [0.2, 0.25) is 0 Å². The number of para-hydroxylation sites is 2. The van der Waals surface area contributed by atoms with Crippen molar-refractivity contribution >= 4 is 40.5 Å². The topological polar surface area (TPSA) is 72.2 Å². The molecule has 0 aliphatic heterocycles. The van der Waals surface area contributed by atoms with E-state index in [1.54, 1.807) is 18.2 Å². The number of nitro groups is 1. The predicted molar refractivity (Wildman–Crippen MR) is 77.5 cm³/mol. The zero-order chi connectivity index (χ0) is 14.7. The molecule has 0 aromatic heterocycles. The molecule has 0 fully saturated rings. The number of amides is 1. The molecule has 7 heteroatoms. The van der Waals surface area contributed by atoms with E-state index in [2.05, 4.69) is 5.32 Å². The second-order valence-corrected chi connectivity index (χ2v) is 4.64. The SMILES string of the molecule is O=C(Nc1c(Cl)cccc1Cl)c1ccccc1[N+](=O)[O-]. The highest BCUT2D eigenvalue weighted by Crippen LogP contribution is 2.30. The van der Waals surface area contributed by atoms with Crippen molar-refractivity contribution in [2.45, 2.75) is 0 Å². The molecule has 2 aromatic rings. The van der Waals surface area contributed by atoms with Crippen LogP contribution in [0.5, 0.6) is 0 Å². The molecule has 1 amide bonds. The molecule has 2 rings (SSSR count). The van der Waals surface area contributed by atoms with E-state index >= 15 is 0 Å². The van der Waals surface area contributed by atoms with E-state index in [0.717, 1.165) is 0 Å². The van der Waals surface area contributed by atoms with Crippen LogP contribution in [0.2, 0.25) is 10.0 Å². The summed E-state index contributed by atoms with van der Waals surface area (Å²) in [4.78, 5) is 22.4. The Labute approximate surface area is 124 Å². The Bertz CT molecular complexity index is 669. The lowest BCUT2D eigenvalue weighted by molar-refractivity contribution is -0.385. The van der Waals surface area contributed by atoms with E-state index in [4.69, 9.17) is 23.2 Å². The summed E-state index contributed by atoms with van der Waals surface area (Å²) >= 11 is 11.9. The molecular weight excluding hydrogens is 303 g/mol. The number of anilines is 1. The second-order valence-electron chi connectivity index (χ2n) is 3.83. The van der Waals surface area contributed by atoms with Crippen LogP contribution in [0.25, 0.3) is 0 Å². The molecule has 20 heavy (non-hydrogen) atoms. The fraction of sp³-hybridized carbons (Fsp3) is 0. The zero-order valence-electron chi connectivity index (χ0n) is 9.97. The lowest BCUT2D eigenvalue weighted by atomic mass is 10.1. The number of hydrogen-bond donors (Lipinski definition) is 1. The number of halogens is 2. The third-order valence-electron chi connectivity index (χ3n) is 2.55. The molecule has 0 heterocycles. The van der Waals surface area contributed by atoms with E-state index in [1.165, 1.54) is 24.3 Å². The van der Waals surface area contributed by atoms with E-state index < -0.39 is 10.8 Å². The summed E-state index contributed by atoms with van der Waals surface area (Å²) in [5.41, 5.74) is -0.124. The number of carbonyl (C=O) groups is 1. The van der Waals surface area contributed by atoms with Crippen molar-refractivity contribution in [3.8, 4) is 0 Å². The van der Waals surface area contributed by atoms with Crippen LogP contribution in [0.3, 0.4) is 0 Å². The van der Waals surface area contributed by atoms with Gasteiger partial charge in [-0.05, 0) is 18.2 Å². The minimum absolute atomic E-state index is 0.0616. The first-order valence-corrected chi connectivity index (χ1v) is 6.25. The van der Waals surface area contributed by atoms with Crippen LogP contribution < -0.4 is 5.32 Å². The number of rotatable bonds is 3. The Hall–Kier alpha value is -2.11. The normalized spacial score (nSPS) is 10.1. The maximum Gasteiger partial charge on any atom is 0.282 e. The van der Waals surface area contributed by atoms with Gasteiger partial charge in [0, 0.05) is 6.07 Å². The molecule has 2 aromatic carbocycles. The zero-order valence-corrected chi connectivity index (χ0v) is 11.5. The number of hydrogen-bond acceptors (Lipinski definition) is 3. The van der Waals surface area contributed by atoms with Crippen molar-refractivity contribution in [2.75, 3.05) is 5.32 Å². The Morgan fingerprint density at radius 2 is 1.65 bits per heavy atom. The highest BCUT2D eigenvalue weighted by molar-refractivity contribution is 6.40. The van der Waals surface area contributed by atoms with Gasteiger partial charge in [0.1, 0.15) is 5.56 Å². The summed E-state index contributed by atoms with van der Waals surface area (Å²) in [6.07, 6.45) is 0. The highest BCUT2D eigenvalue weighted by atomic mass is 35.5. The summed E-state index contributed by atoms with van der Waals surface area (Å²) in [6, 6.07) is 10.4. The smallest absolute Gasteiger partial charge is 0.282 e. The Morgan fingerprint density at radius 3 is 2.25 bits per heavy atom. The Morgan fingerprint density at radius 1 is 1.05 bits per heavy atom. The van der Waals surface area contributed by atoms with Crippen molar-refractivity contribution in [1.29, 1.82) is 0 Å². The van der Waals surface area contributed by atoms with Gasteiger partial charge in [0.25, 0.3) is 11.6 Å². The number of nitrogens with zero attached hydrogens (tertiary/aromatic N) is 1. The van der Waals surface area contributed by atoms with Crippen LogP contribution in [0.1, 0.15) is 10.4 Å². The highest BCUT2D eigenvalue weighted by Gasteiger charge is 2.20. The molecule has 0 bridgehead atoms. The Kier molecular flexibility index (Phi) is 4.22. The van der Waals surface area contributed by atoms with E-state index in [9.17, 15) is 14.9 Å². The minimum atomic E-state index is -0.646. The molecule has 5 nitrogen and oxygen atoms in total. The molecule has 0 spiro atoms. The predicted octanol–water partition coefficient (Wildman–Crippen LogP) is 4.15. The van der Waals surface area contributed by atoms with Crippen molar-refractivity contribution in [3.05, 3.63) is 68.2 Å². The maximum atomic E-state index is 12.1. The summed E-state index contributed by atoms with van der Waals surface area (Å²) < 4.78 is 0. The lowest BCUT2D eigenvalue weighted by Crippen LogP contribution is -2.14. The number of carbonyl (C=O) groups excluding carboxylic acids is 1. The van der Waals surface area contributed by atoms with Gasteiger partial charge in [0.15, 0.2) is 0 Å². The van der Waals surface area contributed by atoms with Gasteiger partial charge in [-0.15, -0.1) is 0 Å². The van der Waals surface area contributed by atoms with E-state index in [0.29, 0.717) is 0 Å². The monoisotopic (exact) mass is 310 g/mol. The fourth-order valence-electron chi connectivity index (χ4n) is 1.62. The summed E-state index contributed by atoms with van der Waals surface area (Å²) in [7, 11) is 0. The molecule has 0 aliphatic carbocycles. The quantitative estimate of drug-likeness (QED) is 0.683. The molecule has 1 N–H and O–H groups in total.